The first-order valence-electron chi connectivity index (χ1n) is 8.56. The first-order valence-corrected chi connectivity index (χ1v) is 10.1. The third-order valence-electron chi connectivity index (χ3n) is 4.28. The van der Waals surface area contributed by atoms with Crippen LogP contribution in [-0.4, -0.2) is 18.0 Å². The number of oxazole rings is 1. The van der Waals surface area contributed by atoms with E-state index in [1.807, 2.05) is 0 Å². The summed E-state index contributed by atoms with van der Waals surface area (Å²) in [6.07, 6.45) is 0. The Morgan fingerprint density at radius 2 is 1.67 bits per heavy atom. The molecule has 0 aliphatic carbocycles. The summed E-state index contributed by atoms with van der Waals surface area (Å²) in [5, 5.41) is 4.13. The van der Waals surface area contributed by atoms with Crippen LogP contribution in [0.2, 0.25) is 20.1 Å². The molecule has 0 unspecified atom stereocenters. The van der Waals surface area contributed by atoms with Crippen molar-refractivity contribution in [1.82, 2.24) is 4.98 Å². The van der Waals surface area contributed by atoms with E-state index < -0.39 is 0 Å². The zero-order chi connectivity index (χ0) is 21.4. The lowest BCUT2D eigenvalue weighted by molar-refractivity contribution is 0.102. The number of benzene rings is 3. The molecule has 0 fully saturated rings. The van der Waals surface area contributed by atoms with Crippen molar-refractivity contribution in [2.24, 2.45) is 0 Å². The highest BCUT2D eigenvalue weighted by molar-refractivity contribution is 6.42. The van der Waals surface area contributed by atoms with E-state index in [0.717, 1.165) is 0 Å². The quantitative estimate of drug-likeness (QED) is 0.330. The summed E-state index contributed by atoms with van der Waals surface area (Å²) in [7, 11) is 1.45. The first-order chi connectivity index (χ1) is 14.4. The number of nitrogens with zero attached hydrogens (tertiary/aromatic N) is 1. The van der Waals surface area contributed by atoms with Crippen molar-refractivity contribution in [3.63, 3.8) is 0 Å². The third kappa shape index (κ3) is 4.07. The Kier molecular flexibility index (Phi) is 5.80. The van der Waals surface area contributed by atoms with Gasteiger partial charge in [-0.05, 0) is 48.5 Å². The molecule has 1 N–H and O–H groups in total. The van der Waals surface area contributed by atoms with Gasteiger partial charge in [0.15, 0.2) is 11.3 Å². The molecule has 30 heavy (non-hydrogen) atoms. The summed E-state index contributed by atoms with van der Waals surface area (Å²) in [6.45, 7) is 0. The van der Waals surface area contributed by atoms with Crippen LogP contribution in [0, 0.1) is 0 Å². The Labute approximate surface area is 191 Å². The monoisotopic (exact) mass is 480 g/mol. The Morgan fingerprint density at radius 3 is 2.33 bits per heavy atom. The number of nitrogens with one attached hydrogen (secondary N) is 1. The fraction of sp³-hybridized carbons (Fsp3) is 0.0476. The molecule has 0 saturated carbocycles. The number of rotatable bonds is 4. The van der Waals surface area contributed by atoms with Crippen LogP contribution in [0.5, 0.6) is 5.75 Å². The Bertz CT molecular complexity index is 1260. The largest absolute Gasteiger partial charge is 0.494 e. The molecule has 0 aliphatic rings. The number of ether oxygens (including phenoxy) is 1. The number of amides is 1. The van der Waals surface area contributed by atoms with Crippen LogP contribution in [0.4, 0.5) is 5.69 Å². The minimum absolute atomic E-state index is 0.244. The van der Waals surface area contributed by atoms with Crippen LogP contribution in [-0.2, 0) is 0 Å². The zero-order valence-corrected chi connectivity index (χ0v) is 18.3. The van der Waals surface area contributed by atoms with Crippen molar-refractivity contribution in [1.29, 1.82) is 0 Å². The normalized spacial score (nSPS) is 11.0. The zero-order valence-electron chi connectivity index (χ0n) is 15.3. The lowest BCUT2D eigenvalue weighted by Gasteiger charge is -2.09. The van der Waals surface area contributed by atoms with Crippen LogP contribution in [0.15, 0.2) is 52.9 Å². The molecule has 0 radical (unpaired) electrons. The van der Waals surface area contributed by atoms with Gasteiger partial charge in [-0.15, -0.1) is 0 Å². The second-order valence-corrected chi connectivity index (χ2v) is 7.89. The Balaban J connectivity index is 1.61. The van der Waals surface area contributed by atoms with Gasteiger partial charge in [-0.2, -0.15) is 0 Å². The molecule has 9 heteroatoms. The van der Waals surface area contributed by atoms with Crippen molar-refractivity contribution in [3.8, 4) is 17.2 Å². The number of aromatic nitrogens is 1. The lowest BCUT2D eigenvalue weighted by atomic mass is 10.2. The fourth-order valence-electron chi connectivity index (χ4n) is 2.85. The van der Waals surface area contributed by atoms with Crippen molar-refractivity contribution < 1.29 is 13.9 Å². The van der Waals surface area contributed by atoms with E-state index >= 15 is 0 Å². The van der Waals surface area contributed by atoms with Gasteiger partial charge in [0.1, 0.15) is 5.52 Å². The predicted octanol–water partition coefficient (Wildman–Crippen LogP) is 7.37. The maximum absolute atomic E-state index is 12.6. The molecule has 4 rings (SSSR count). The lowest BCUT2D eigenvalue weighted by Crippen LogP contribution is -2.12. The molecule has 1 heterocycles. The fourth-order valence-corrected chi connectivity index (χ4v) is 3.79. The smallest absolute Gasteiger partial charge is 0.255 e. The summed E-state index contributed by atoms with van der Waals surface area (Å²) in [6, 6.07) is 13.2. The summed E-state index contributed by atoms with van der Waals surface area (Å²) < 4.78 is 10.9. The van der Waals surface area contributed by atoms with Gasteiger partial charge in [0.05, 0.1) is 27.2 Å². The summed E-state index contributed by atoms with van der Waals surface area (Å²) in [5.41, 5.74) is 2.64. The molecular weight excluding hydrogens is 470 g/mol. The molecule has 0 bridgehead atoms. The maximum Gasteiger partial charge on any atom is 0.255 e. The molecule has 1 amide bonds. The predicted molar refractivity (Wildman–Crippen MR) is 120 cm³/mol. The minimum atomic E-state index is -0.381. The number of hydrogen-bond acceptors (Lipinski definition) is 4. The highest BCUT2D eigenvalue weighted by atomic mass is 35.5. The van der Waals surface area contributed by atoms with Crippen molar-refractivity contribution in [2.45, 2.75) is 0 Å². The van der Waals surface area contributed by atoms with E-state index in [2.05, 4.69) is 10.3 Å². The molecule has 152 valence electrons. The minimum Gasteiger partial charge on any atom is -0.494 e. The second kappa shape index (κ2) is 8.36. The van der Waals surface area contributed by atoms with Gasteiger partial charge in [0.25, 0.3) is 5.91 Å². The average molecular weight is 482 g/mol. The van der Waals surface area contributed by atoms with E-state index in [-0.39, 0.29) is 16.0 Å². The molecule has 4 aromatic rings. The topological polar surface area (TPSA) is 64.4 Å². The highest BCUT2D eigenvalue weighted by Crippen LogP contribution is 2.34. The molecule has 5 nitrogen and oxygen atoms in total. The SMILES string of the molecule is COc1c(Cl)cc(C(=O)Nc2ccc3oc(-c4ccc(Cl)c(Cl)c4)nc3c2)cc1Cl. The number of methoxy groups -OCH3 is 1. The van der Waals surface area contributed by atoms with Gasteiger partial charge >= 0.3 is 0 Å². The van der Waals surface area contributed by atoms with Crippen LogP contribution in [0.1, 0.15) is 10.4 Å². The summed E-state index contributed by atoms with van der Waals surface area (Å²) in [5.74, 6) is 0.323. The number of carbonyl (C=O) groups is 1. The van der Waals surface area contributed by atoms with Gasteiger partial charge in [0, 0.05) is 16.8 Å². The number of carbonyl (C=O) groups excluding carboxylic acids is 1. The average Bonchev–Trinajstić information content (AvgIpc) is 3.13. The number of fused-ring (bicyclic) bond motifs is 1. The molecule has 0 saturated heterocycles. The van der Waals surface area contributed by atoms with E-state index in [1.54, 1.807) is 36.4 Å². The molecule has 1 aromatic heterocycles. The molecule has 0 aliphatic heterocycles. The number of halogens is 4. The van der Waals surface area contributed by atoms with Crippen molar-refractivity contribution in [3.05, 3.63) is 74.2 Å². The van der Waals surface area contributed by atoms with Crippen LogP contribution >= 0.6 is 46.4 Å². The molecular formula is C21H12Cl4N2O3. The summed E-state index contributed by atoms with van der Waals surface area (Å²) in [4.78, 5) is 17.1. The van der Waals surface area contributed by atoms with E-state index in [1.165, 1.54) is 19.2 Å². The van der Waals surface area contributed by atoms with Crippen molar-refractivity contribution >= 4 is 69.1 Å². The number of anilines is 1. The van der Waals surface area contributed by atoms with Crippen LogP contribution < -0.4 is 10.1 Å². The molecule has 3 aromatic carbocycles. The van der Waals surface area contributed by atoms with Gasteiger partial charge in [0.2, 0.25) is 5.89 Å². The molecule has 0 atom stereocenters. The number of hydrogen-bond donors (Lipinski definition) is 1. The van der Waals surface area contributed by atoms with Gasteiger partial charge in [-0.1, -0.05) is 46.4 Å². The summed E-state index contributed by atoms with van der Waals surface area (Å²) >= 11 is 24.2. The van der Waals surface area contributed by atoms with Gasteiger partial charge < -0.3 is 14.5 Å². The standard InChI is InChI=1S/C21H12Cl4N2O3/c1-29-19-15(24)7-11(8-16(19)25)20(28)26-12-3-5-18-17(9-12)27-21(30-18)10-2-4-13(22)14(23)6-10/h2-9H,1H3,(H,26,28). The molecule has 0 spiro atoms. The van der Waals surface area contributed by atoms with E-state index in [0.29, 0.717) is 49.6 Å². The first kappa shape index (κ1) is 20.8. The Morgan fingerprint density at radius 1 is 0.933 bits per heavy atom. The van der Waals surface area contributed by atoms with E-state index in [9.17, 15) is 4.79 Å². The third-order valence-corrected chi connectivity index (χ3v) is 5.58. The second-order valence-electron chi connectivity index (χ2n) is 6.26. The Hall–Kier alpha value is -2.44. The van der Waals surface area contributed by atoms with Crippen LogP contribution in [0.25, 0.3) is 22.6 Å². The maximum atomic E-state index is 12.6. The van der Waals surface area contributed by atoms with Gasteiger partial charge in [-0.3, -0.25) is 4.79 Å². The highest BCUT2D eigenvalue weighted by Gasteiger charge is 2.15. The van der Waals surface area contributed by atoms with Crippen LogP contribution in [0.3, 0.4) is 0 Å². The van der Waals surface area contributed by atoms with Crippen molar-refractivity contribution in [2.75, 3.05) is 12.4 Å². The van der Waals surface area contributed by atoms with Gasteiger partial charge in [-0.25, -0.2) is 4.98 Å². The van der Waals surface area contributed by atoms with E-state index in [4.69, 9.17) is 55.6 Å².